The molecule has 1 rings (SSSR count). The first-order chi connectivity index (χ1) is 9.26. The van der Waals surface area contributed by atoms with E-state index in [1.165, 1.54) is 0 Å². The fraction of sp³-hybridized carbons (Fsp3) is 0.933. The van der Waals surface area contributed by atoms with E-state index < -0.39 is 0 Å². The summed E-state index contributed by atoms with van der Waals surface area (Å²) < 4.78 is 5.32. The van der Waals surface area contributed by atoms with Crippen LogP contribution in [0.5, 0.6) is 0 Å². The zero-order valence-electron chi connectivity index (χ0n) is 13.4. The second-order valence-corrected chi connectivity index (χ2v) is 7.11. The number of hydrogen-bond acceptors (Lipinski definition) is 4. The highest BCUT2D eigenvalue weighted by atomic mass is 16.5. The van der Waals surface area contributed by atoms with E-state index in [4.69, 9.17) is 10.5 Å². The van der Waals surface area contributed by atoms with Gasteiger partial charge in [0, 0.05) is 38.1 Å². The highest BCUT2D eigenvalue weighted by Crippen LogP contribution is 2.20. The molecule has 3 N–H and O–H groups in total. The molecule has 1 fully saturated rings. The first-order valence-corrected chi connectivity index (χ1v) is 7.61. The lowest BCUT2D eigenvalue weighted by molar-refractivity contribution is -0.122. The lowest BCUT2D eigenvalue weighted by Crippen LogP contribution is -2.46. The standard InChI is InChI=1S/C15H31N3O2/c1-12(11-18-5-7-20-8-6-18)17-14(19)9-13(16)10-15(2,3)4/h12-13H,5-11,16H2,1-4H3,(H,17,19). The van der Waals surface area contributed by atoms with Crippen LogP contribution in [0.2, 0.25) is 0 Å². The third kappa shape index (κ3) is 7.82. The van der Waals surface area contributed by atoms with Crippen molar-refractivity contribution < 1.29 is 9.53 Å². The van der Waals surface area contributed by atoms with Gasteiger partial charge in [-0.1, -0.05) is 20.8 Å². The molecule has 0 radical (unpaired) electrons. The van der Waals surface area contributed by atoms with Crippen LogP contribution in [0.25, 0.3) is 0 Å². The minimum absolute atomic E-state index is 0.0579. The maximum absolute atomic E-state index is 12.0. The van der Waals surface area contributed by atoms with Crippen LogP contribution in [-0.2, 0) is 9.53 Å². The SMILES string of the molecule is CC(CN1CCOCC1)NC(=O)CC(N)CC(C)(C)C. The molecule has 1 aliphatic heterocycles. The maximum atomic E-state index is 12.0. The molecular formula is C15H31N3O2. The summed E-state index contributed by atoms with van der Waals surface area (Å²) in [5.41, 5.74) is 6.20. The number of carbonyl (C=O) groups is 1. The topological polar surface area (TPSA) is 67.6 Å². The van der Waals surface area contributed by atoms with E-state index in [2.05, 4.69) is 31.0 Å². The van der Waals surface area contributed by atoms with Crippen LogP contribution in [0.4, 0.5) is 0 Å². The van der Waals surface area contributed by atoms with Crippen molar-refractivity contribution in [1.29, 1.82) is 0 Å². The summed E-state index contributed by atoms with van der Waals surface area (Å²) in [6, 6.07) is 0.0908. The molecule has 5 nitrogen and oxygen atoms in total. The van der Waals surface area contributed by atoms with Gasteiger partial charge in [-0.25, -0.2) is 0 Å². The van der Waals surface area contributed by atoms with E-state index in [1.807, 2.05) is 6.92 Å². The van der Waals surface area contributed by atoms with E-state index in [1.54, 1.807) is 0 Å². The van der Waals surface area contributed by atoms with Gasteiger partial charge >= 0.3 is 0 Å². The zero-order chi connectivity index (χ0) is 15.2. The third-order valence-corrected chi connectivity index (χ3v) is 3.37. The molecule has 0 aromatic carbocycles. The molecule has 0 spiro atoms. The normalized spacial score (nSPS) is 20.4. The number of nitrogens with zero attached hydrogens (tertiary/aromatic N) is 1. The highest BCUT2D eigenvalue weighted by molar-refractivity contribution is 5.76. The van der Waals surface area contributed by atoms with Crippen molar-refractivity contribution in [3.8, 4) is 0 Å². The Morgan fingerprint density at radius 1 is 1.35 bits per heavy atom. The molecule has 118 valence electrons. The number of amides is 1. The van der Waals surface area contributed by atoms with Crippen molar-refractivity contribution in [2.75, 3.05) is 32.8 Å². The van der Waals surface area contributed by atoms with Crippen molar-refractivity contribution in [3.63, 3.8) is 0 Å². The Bertz CT molecular complexity index is 296. The number of rotatable bonds is 6. The van der Waals surface area contributed by atoms with Crippen LogP contribution in [0.15, 0.2) is 0 Å². The molecule has 0 aliphatic carbocycles. The van der Waals surface area contributed by atoms with Crippen molar-refractivity contribution in [3.05, 3.63) is 0 Å². The van der Waals surface area contributed by atoms with E-state index in [9.17, 15) is 4.79 Å². The second-order valence-electron chi connectivity index (χ2n) is 7.11. The summed E-state index contributed by atoms with van der Waals surface area (Å²) >= 11 is 0. The summed E-state index contributed by atoms with van der Waals surface area (Å²) in [4.78, 5) is 14.3. The summed E-state index contributed by atoms with van der Waals surface area (Å²) in [6.07, 6.45) is 1.27. The predicted octanol–water partition coefficient (Wildman–Crippen LogP) is 0.977. The van der Waals surface area contributed by atoms with Crippen molar-refractivity contribution in [1.82, 2.24) is 10.2 Å². The van der Waals surface area contributed by atoms with Crippen LogP contribution >= 0.6 is 0 Å². The number of ether oxygens (including phenoxy) is 1. The van der Waals surface area contributed by atoms with Gasteiger partial charge in [-0.3, -0.25) is 9.69 Å². The number of hydrogen-bond donors (Lipinski definition) is 2. The Morgan fingerprint density at radius 3 is 2.50 bits per heavy atom. The lowest BCUT2D eigenvalue weighted by Gasteiger charge is -2.29. The molecule has 20 heavy (non-hydrogen) atoms. The van der Waals surface area contributed by atoms with Crippen LogP contribution in [-0.4, -0.2) is 55.7 Å². The average Bonchev–Trinajstić information content (AvgIpc) is 2.26. The summed E-state index contributed by atoms with van der Waals surface area (Å²) in [7, 11) is 0. The van der Waals surface area contributed by atoms with Gasteiger partial charge in [0.2, 0.25) is 5.91 Å². The van der Waals surface area contributed by atoms with Gasteiger partial charge in [0.25, 0.3) is 0 Å². The van der Waals surface area contributed by atoms with Crippen LogP contribution in [0, 0.1) is 5.41 Å². The fourth-order valence-electron chi connectivity index (χ4n) is 2.65. The van der Waals surface area contributed by atoms with E-state index >= 15 is 0 Å². The summed E-state index contributed by atoms with van der Waals surface area (Å²) in [5, 5.41) is 3.04. The maximum Gasteiger partial charge on any atom is 0.221 e. The molecule has 0 saturated carbocycles. The van der Waals surface area contributed by atoms with Gasteiger partial charge in [-0.15, -0.1) is 0 Å². The molecule has 1 heterocycles. The third-order valence-electron chi connectivity index (χ3n) is 3.37. The number of nitrogens with one attached hydrogen (secondary N) is 1. The Hall–Kier alpha value is -0.650. The zero-order valence-corrected chi connectivity index (χ0v) is 13.4. The molecule has 1 saturated heterocycles. The molecule has 1 aliphatic rings. The second kappa shape index (κ2) is 7.96. The molecule has 1 amide bonds. The van der Waals surface area contributed by atoms with Crippen LogP contribution in [0.3, 0.4) is 0 Å². The lowest BCUT2D eigenvalue weighted by atomic mass is 9.87. The quantitative estimate of drug-likeness (QED) is 0.763. The Labute approximate surface area is 123 Å². The minimum Gasteiger partial charge on any atom is -0.379 e. The summed E-state index contributed by atoms with van der Waals surface area (Å²) in [6.45, 7) is 12.8. The van der Waals surface area contributed by atoms with Crippen molar-refractivity contribution in [2.45, 2.75) is 52.6 Å². The van der Waals surface area contributed by atoms with E-state index in [0.29, 0.717) is 6.42 Å². The molecule has 2 unspecified atom stereocenters. The van der Waals surface area contributed by atoms with Gasteiger partial charge in [0.15, 0.2) is 0 Å². The minimum atomic E-state index is -0.0643. The Morgan fingerprint density at radius 2 is 1.95 bits per heavy atom. The van der Waals surface area contributed by atoms with Crippen LogP contribution in [0.1, 0.15) is 40.5 Å². The highest BCUT2D eigenvalue weighted by Gasteiger charge is 2.20. The smallest absolute Gasteiger partial charge is 0.221 e. The van der Waals surface area contributed by atoms with E-state index in [0.717, 1.165) is 39.3 Å². The largest absolute Gasteiger partial charge is 0.379 e. The molecule has 5 heteroatoms. The van der Waals surface area contributed by atoms with Gasteiger partial charge < -0.3 is 15.8 Å². The molecule has 2 atom stereocenters. The van der Waals surface area contributed by atoms with Crippen LogP contribution < -0.4 is 11.1 Å². The molecule has 0 bridgehead atoms. The van der Waals surface area contributed by atoms with Crippen molar-refractivity contribution in [2.24, 2.45) is 11.1 Å². The molecule has 0 aromatic heterocycles. The molecular weight excluding hydrogens is 254 g/mol. The fourth-order valence-corrected chi connectivity index (χ4v) is 2.65. The number of nitrogens with two attached hydrogens (primary N) is 1. The van der Waals surface area contributed by atoms with Gasteiger partial charge in [0.1, 0.15) is 0 Å². The first kappa shape index (κ1) is 17.4. The monoisotopic (exact) mass is 285 g/mol. The predicted molar refractivity (Wildman–Crippen MR) is 81.5 cm³/mol. The van der Waals surface area contributed by atoms with Gasteiger partial charge in [-0.05, 0) is 18.8 Å². The average molecular weight is 285 g/mol. The van der Waals surface area contributed by atoms with Gasteiger partial charge in [-0.2, -0.15) is 0 Å². The van der Waals surface area contributed by atoms with Gasteiger partial charge in [0.05, 0.1) is 13.2 Å². The Kier molecular flexibility index (Phi) is 6.92. The molecule has 0 aromatic rings. The first-order valence-electron chi connectivity index (χ1n) is 7.61. The van der Waals surface area contributed by atoms with Crippen molar-refractivity contribution >= 4 is 5.91 Å². The van der Waals surface area contributed by atoms with E-state index in [-0.39, 0.29) is 23.4 Å². The Balaban J connectivity index is 2.23. The summed E-state index contributed by atoms with van der Waals surface area (Å²) in [5.74, 6) is 0.0579. The number of carbonyl (C=O) groups excluding carboxylic acids is 1. The number of morpholine rings is 1.